The molecule has 0 aromatic heterocycles. The number of ether oxygens (including phenoxy) is 11. The maximum absolute atomic E-state index is 11.6. The van der Waals surface area contributed by atoms with Gasteiger partial charge in [-0.2, -0.15) is 0 Å². The largest absolute Gasteiger partial charge is 0.394 e. The van der Waals surface area contributed by atoms with E-state index in [0.717, 1.165) is 0 Å². The van der Waals surface area contributed by atoms with Gasteiger partial charge in [-0.15, -0.1) is 0 Å². The predicted octanol–water partition coefficient (Wildman–Crippen LogP) is -14.1. The fourth-order valence-electron chi connectivity index (χ4n) is 8.67. The fourth-order valence-corrected chi connectivity index (χ4v) is 8.67. The summed E-state index contributed by atoms with van der Waals surface area (Å²) in [5.74, 6) is -13.1. The van der Waals surface area contributed by atoms with E-state index >= 15 is 0 Å². The SMILES string of the molecule is OC[C@H]1O[C@@](CO)(OC[C@H]2O[C@@](CO)(OC[C@@]3(OC[C@H]4O[C@@](CO)(O[C@H]5O[C@H](CO)[C@@H](O)[C@H](O)[C@H]5O)[C@@H](O)[C@@H]4O)O[C@H](CO[C@]4(CO)O[C@H](CO)[C@@H](O)[C@@H]4O)[C@@H](O)[C@@H]3O)[C@@H](O)[C@@H]2O)[C@@H](O)[C@@H]1O. The quantitative estimate of drug-likeness (QED) is 0.0508. The van der Waals surface area contributed by atoms with E-state index in [0.29, 0.717) is 0 Å². The van der Waals surface area contributed by atoms with Gasteiger partial charge in [0.2, 0.25) is 28.9 Å². The molecule has 0 radical (unpaired) electrons. The van der Waals surface area contributed by atoms with Crippen molar-refractivity contribution in [3.8, 4) is 0 Å². The van der Waals surface area contributed by atoms with Crippen LogP contribution in [0.1, 0.15) is 0 Å². The lowest BCUT2D eigenvalue weighted by Gasteiger charge is -2.43. The van der Waals surface area contributed by atoms with Gasteiger partial charge in [0.1, 0.15) is 149 Å². The van der Waals surface area contributed by atoms with Crippen LogP contribution in [0.25, 0.3) is 0 Å². The third kappa shape index (κ3) is 9.75. The van der Waals surface area contributed by atoms with Gasteiger partial charge < -0.3 is 154 Å². The first-order valence-corrected chi connectivity index (χ1v) is 21.0. The highest BCUT2D eigenvalue weighted by Crippen LogP contribution is 2.43. The van der Waals surface area contributed by atoms with Crippen LogP contribution in [0, 0.1) is 0 Å². The van der Waals surface area contributed by atoms with Crippen molar-refractivity contribution in [3.63, 3.8) is 0 Å². The zero-order valence-electron chi connectivity index (χ0n) is 35.3. The van der Waals surface area contributed by atoms with Gasteiger partial charge in [0, 0.05) is 0 Å². The summed E-state index contributed by atoms with van der Waals surface area (Å²) in [7, 11) is 0. The topological polar surface area (TPSA) is 506 Å². The van der Waals surface area contributed by atoms with Gasteiger partial charge in [-0.3, -0.25) is 0 Å². The summed E-state index contributed by atoms with van der Waals surface area (Å²) in [4.78, 5) is 0. The first-order chi connectivity index (χ1) is 31.6. The van der Waals surface area contributed by atoms with Crippen LogP contribution in [0.2, 0.25) is 0 Å². The molecule has 31 heteroatoms. The second kappa shape index (κ2) is 21.5. The molecule has 6 aliphatic rings. The van der Waals surface area contributed by atoms with E-state index in [1.165, 1.54) is 0 Å². The summed E-state index contributed by atoms with van der Waals surface area (Å²) in [5, 5.41) is 210. The number of hydrogen-bond donors (Lipinski definition) is 20. The first kappa shape index (κ1) is 55.1. The lowest BCUT2D eigenvalue weighted by molar-refractivity contribution is -0.386. The van der Waals surface area contributed by atoms with Crippen molar-refractivity contribution in [3.05, 3.63) is 0 Å². The second-order valence-corrected chi connectivity index (χ2v) is 17.1. The minimum Gasteiger partial charge on any atom is -0.394 e. The van der Waals surface area contributed by atoms with E-state index in [-0.39, 0.29) is 0 Å². The molecule has 0 aromatic carbocycles. The Morgan fingerprint density at radius 2 is 0.627 bits per heavy atom. The van der Waals surface area contributed by atoms with Crippen molar-refractivity contribution >= 4 is 0 Å². The molecule has 0 aromatic rings. The van der Waals surface area contributed by atoms with Crippen LogP contribution in [0.5, 0.6) is 0 Å². The maximum Gasteiger partial charge on any atom is 0.224 e. The van der Waals surface area contributed by atoms with Gasteiger partial charge in [0.25, 0.3) is 0 Å². The van der Waals surface area contributed by atoms with Crippen molar-refractivity contribution in [2.24, 2.45) is 0 Å². The molecule has 20 N–H and O–H groups in total. The molecule has 67 heavy (non-hydrogen) atoms. The van der Waals surface area contributed by atoms with Gasteiger partial charge in [0.15, 0.2) is 6.29 Å². The minimum atomic E-state index is -2.82. The van der Waals surface area contributed by atoms with Crippen LogP contribution < -0.4 is 0 Å². The van der Waals surface area contributed by atoms with Crippen molar-refractivity contribution in [1.29, 1.82) is 0 Å². The Hall–Kier alpha value is -1.24. The van der Waals surface area contributed by atoms with E-state index in [2.05, 4.69) is 0 Å². The van der Waals surface area contributed by atoms with Gasteiger partial charge in [-0.1, -0.05) is 0 Å². The zero-order chi connectivity index (χ0) is 49.6. The predicted molar refractivity (Wildman–Crippen MR) is 199 cm³/mol. The molecule has 25 atom stereocenters. The normalized spacial score (nSPS) is 52.5. The van der Waals surface area contributed by atoms with E-state index in [1.54, 1.807) is 0 Å². The lowest BCUT2D eigenvalue weighted by atomic mass is 9.99. The van der Waals surface area contributed by atoms with Crippen LogP contribution in [-0.2, 0) is 52.1 Å². The Balaban J connectivity index is 1.23. The first-order valence-electron chi connectivity index (χ1n) is 21.0. The molecule has 0 saturated carbocycles. The summed E-state index contributed by atoms with van der Waals surface area (Å²) >= 11 is 0. The molecule has 0 unspecified atom stereocenters. The van der Waals surface area contributed by atoms with Crippen LogP contribution in [0.3, 0.4) is 0 Å². The molecule has 6 aliphatic heterocycles. The van der Waals surface area contributed by atoms with E-state index in [4.69, 9.17) is 52.1 Å². The molecule has 392 valence electrons. The Morgan fingerprint density at radius 3 is 1.01 bits per heavy atom. The summed E-state index contributed by atoms with van der Waals surface area (Å²) in [6.45, 7) is -11.6. The average molecular weight is 991 g/mol. The molecule has 0 aliphatic carbocycles. The molecule has 6 fully saturated rings. The molecule has 0 spiro atoms. The third-order valence-electron chi connectivity index (χ3n) is 12.9. The molecular weight excluding hydrogens is 928 g/mol. The van der Waals surface area contributed by atoms with Crippen molar-refractivity contribution in [2.45, 2.75) is 151 Å². The number of aliphatic hydroxyl groups is 20. The van der Waals surface area contributed by atoms with Gasteiger partial charge in [0.05, 0.1) is 39.6 Å². The highest BCUT2D eigenvalue weighted by Gasteiger charge is 2.65. The highest BCUT2D eigenvalue weighted by molar-refractivity contribution is 5.05. The van der Waals surface area contributed by atoms with E-state index in [1.807, 2.05) is 0 Å². The third-order valence-corrected chi connectivity index (χ3v) is 12.9. The Bertz CT molecular complexity index is 1590. The molecule has 31 nitrogen and oxygen atoms in total. The second-order valence-electron chi connectivity index (χ2n) is 17.1. The number of rotatable bonds is 21. The lowest BCUT2D eigenvalue weighted by Crippen LogP contribution is -2.62. The minimum absolute atomic E-state index is 0.818. The monoisotopic (exact) mass is 990 g/mol. The van der Waals surface area contributed by atoms with Gasteiger partial charge in [-0.05, 0) is 0 Å². The van der Waals surface area contributed by atoms with Crippen LogP contribution in [0.4, 0.5) is 0 Å². The highest BCUT2D eigenvalue weighted by atomic mass is 16.8. The van der Waals surface area contributed by atoms with Crippen molar-refractivity contribution in [1.82, 2.24) is 0 Å². The Morgan fingerprint density at radius 1 is 0.313 bits per heavy atom. The summed E-state index contributed by atoms with van der Waals surface area (Å²) in [6, 6.07) is 0. The molecule has 0 amide bonds. The van der Waals surface area contributed by atoms with Crippen LogP contribution >= 0.6 is 0 Å². The standard InChI is InChI=1S/C36H62O31/c37-1-12-18(44)24(50)25(51)31(61-12)67-35(10-43)29(55)22(48)16(65-35)6-59-36(30(56)23(49)17(66-36)5-58-33(8-41)27(53)20(46)14(3-39)63-33)11-60-34(9-42)28(54)21(47)15(64-34)4-57-32(7-40)26(52)19(45)13(2-38)62-32/h12-31,37-56H,1-11H2/t12-,13-,14-,15-,16-,17-,18-,19-,20-,21-,22-,23-,24+,25-,26+,27+,28+,29+,30+,31-,32-,33-,34-,35+,36-/m1/s1. The smallest absolute Gasteiger partial charge is 0.224 e. The average Bonchev–Trinajstić information content (AvgIpc) is 4.00. The molecule has 6 rings (SSSR count). The van der Waals surface area contributed by atoms with Crippen LogP contribution in [-0.4, -0.2) is 326 Å². The fraction of sp³-hybridized carbons (Fsp3) is 1.00. The van der Waals surface area contributed by atoms with E-state index < -0.39 is 224 Å². The molecule has 6 heterocycles. The van der Waals surface area contributed by atoms with Crippen molar-refractivity contribution < 1.29 is 154 Å². The summed E-state index contributed by atoms with van der Waals surface area (Å²) < 4.78 is 61.4. The van der Waals surface area contributed by atoms with Gasteiger partial charge in [-0.25, -0.2) is 0 Å². The Kier molecular flexibility index (Phi) is 17.6. The van der Waals surface area contributed by atoms with Crippen LogP contribution in [0.15, 0.2) is 0 Å². The van der Waals surface area contributed by atoms with E-state index in [9.17, 15) is 102 Å². The summed E-state index contributed by atoms with van der Waals surface area (Å²) in [5.41, 5.74) is 0. The zero-order valence-corrected chi connectivity index (χ0v) is 35.3. The molecular formula is C36H62O31. The molecule has 0 bridgehead atoms. The van der Waals surface area contributed by atoms with Gasteiger partial charge >= 0.3 is 0 Å². The molecule has 6 saturated heterocycles. The number of aliphatic hydroxyl groups excluding tert-OH is 20. The summed E-state index contributed by atoms with van der Waals surface area (Å²) in [6.07, 6.45) is -38.4. The number of hydrogen-bond acceptors (Lipinski definition) is 31. The Labute approximate surface area is 378 Å². The van der Waals surface area contributed by atoms with Crippen molar-refractivity contribution in [2.75, 3.05) is 72.7 Å². The maximum atomic E-state index is 11.6.